The molecule has 3 aliphatic heterocycles. The Kier molecular flexibility index (Phi) is 8.96. The number of aromatic nitrogens is 2. The van der Waals surface area contributed by atoms with Gasteiger partial charge in [0.25, 0.3) is 0 Å². The van der Waals surface area contributed by atoms with Crippen LogP contribution in [0.4, 0.5) is 15.0 Å². The summed E-state index contributed by atoms with van der Waals surface area (Å²) in [5, 5.41) is 22.6. The molecule has 3 atom stereocenters. The highest BCUT2D eigenvalue weighted by atomic mass is 35.5. The standard InChI is InChI=1S/C37H43ClFN5O5/c1-21(18-42-13-11-25(45)12-14-42)48-35-40-33-29(17-30(38)31(32(33)39)28-16-26(46)15-22-7-5-6-8-27(22)28)34(41-35)43-19-23-9-10-24(20-43)44(23)36(47)49-37(2,3)4/h5-8,15-17,21,23-25,45-46H,9-14,18-20H2,1-4H3/t21-,23?,24?/m1/s1. The van der Waals surface area contributed by atoms with E-state index in [9.17, 15) is 15.0 Å². The fourth-order valence-electron chi connectivity index (χ4n) is 7.57. The first-order valence-corrected chi connectivity index (χ1v) is 17.5. The topological polar surface area (TPSA) is 111 Å². The van der Waals surface area contributed by atoms with Crippen LogP contribution in [0.5, 0.6) is 11.8 Å². The van der Waals surface area contributed by atoms with Crippen molar-refractivity contribution < 1.29 is 28.9 Å². The summed E-state index contributed by atoms with van der Waals surface area (Å²) in [7, 11) is 0. The number of aromatic hydroxyl groups is 1. The fraction of sp³-hybridized carbons (Fsp3) is 0.486. The van der Waals surface area contributed by atoms with E-state index in [0.717, 1.165) is 36.7 Å². The molecule has 2 unspecified atom stereocenters. The van der Waals surface area contributed by atoms with Crippen molar-refractivity contribution in [3.05, 3.63) is 53.3 Å². The quantitative estimate of drug-likeness (QED) is 0.227. The van der Waals surface area contributed by atoms with Gasteiger partial charge >= 0.3 is 12.1 Å². The fourth-order valence-corrected chi connectivity index (χ4v) is 7.87. The van der Waals surface area contributed by atoms with Gasteiger partial charge in [0.05, 0.1) is 23.2 Å². The minimum Gasteiger partial charge on any atom is -0.508 e. The minimum absolute atomic E-state index is 0.00551. The Morgan fingerprint density at radius 1 is 1.04 bits per heavy atom. The predicted molar refractivity (Wildman–Crippen MR) is 188 cm³/mol. The zero-order valence-corrected chi connectivity index (χ0v) is 29.1. The van der Waals surface area contributed by atoms with Crippen molar-refractivity contribution in [2.75, 3.05) is 37.6 Å². The van der Waals surface area contributed by atoms with Crippen molar-refractivity contribution in [1.29, 1.82) is 0 Å². The van der Waals surface area contributed by atoms with Crippen LogP contribution >= 0.6 is 11.6 Å². The Bertz CT molecular complexity index is 1880. The SMILES string of the molecule is C[C@H](CN1CCC(O)CC1)Oc1nc(N2CC3CCC(C2)N3C(=O)OC(C)(C)C)c2cc(Cl)c(-c3cc(O)cc4ccccc34)c(F)c2n1. The number of carbonyl (C=O) groups excluding carboxylic acids is 1. The van der Waals surface area contributed by atoms with E-state index in [0.29, 0.717) is 49.2 Å². The molecule has 1 aromatic heterocycles. The molecule has 1 amide bonds. The molecular weight excluding hydrogens is 649 g/mol. The highest BCUT2D eigenvalue weighted by Crippen LogP contribution is 2.43. The van der Waals surface area contributed by atoms with Gasteiger partial charge in [0, 0.05) is 43.7 Å². The number of hydrogen-bond donors (Lipinski definition) is 2. The summed E-state index contributed by atoms with van der Waals surface area (Å²) in [4.78, 5) is 28.9. The summed E-state index contributed by atoms with van der Waals surface area (Å²) < 4.78 is 29.1. The largest absolute Gasteiger partial charge is 0.508 e. The van der Waals surface area contributed by atoms with Crippen molar-refractivity contribution in [2.45, 2.75) is 83.3 Å². The molecule has 3 fully saturated rings. The van der Waals surface area contributed by atoms with E-state index in [1.165, 1.54) is 6.07 Å². The minimum atomic E-state index is -0.639. The summed E-state index contributed by atoms with van der Waals surface area (Å²) in [6.07, 6.45) is 2.13. The van der Waals surface area contributed by atoms with Crippen molar-refractivity contribution in [3.8, 4) is 22.9 Å². The van der Waals surface area contributed by atoms with Gasteiger partial charge in [0.15, 0.2) is 5.82 Å². The Hall–Kier alpha value is -3.93. The molecule has 4 aromatic rings. The van der Waals surface area contributed by atoms with Crippen LogP contribution in [-0.4, -0.2) is 98.7 Å². The van der Waals surface area contributed by atoms with E-state index < -0.39 is 11.4 Å². The predicted octanol–water partition coefficient (Wildman–Crippen LogP) is 6.76. The average Bonchev–Trinajstić information content (AvgIpc) is 3.30. The summed E-state index contributed by atoms with van der Waals surface area (Å²) in [5.74, 6) is -0.156. The van der Waals surface area contributed by atoms with Crippen LogP contribution in [0.3, 0.4) is 0 Å². The lowest BCUT2D eigenvalue weighted by atomic mass is 9.96. The maximum atomic E-state index is 17.0. The lowest BCUT2D eigenvalue weighted by Gasteiger charge is -2.42. The molecule has 2 bridgehead atoms. The van der Waals surface area contributed by atoms with Crippen LogP contribution in [0.1, 0.15) is 53.4 Å². The smallest absolute Gasteiger partial charge is 0.410 e. The number of halogens is 2. The van der Waals surface area contributed by atoms with Crippen molar-refractivity contribution in [3.63, 3.8) is 0 Å². The maximum Gasteiger partial charge on any atom is 0.410 e. The van der Waals surface area contributed by atoms with Gasteiger partial charge in [-0.05, 0) is 87.9 Å². The van der Waals surface area contributed by atoms with Gasteiger partial charge < -0.3 is 24.6 Å². The number of ether oxygens (including phenoxy) is 2. The van der Waals surface area contributed by atoms with E-state index in [2.05, 4.69) is 14.8 Å². The van der Waals surface area contributed by atoms with E-state index >= 15 is 4.39 Å². The number of aliphatic hydroxyl groups is 1. The second-order valence-corrected chi connectivity index (χ2v) is 15.0. The number of piperidine rings is 1. The highest BCUT2D eigenvalue weighted by Gasteiger charge is 2.45. The molecule has 0 saturated carbocycles. The normalized spacial score (nSPS) is 21.0. The van der Waals surface area contributed by atoms with Crippen LogP contribution < -0.4 is 9.64 Å². The number of piperazine rings is 1. The number of likely N-dealkylation sites (tertiary alicyclic amines) is 1. The van der Waals surface area contributed by atoms with Crippen molar-refractivity contribution >= 4 is 45.2 Å². The van der Waals surface area contributed by atoms with Crippen LogP contribution in [-0.2, 0) is 4.74 Å². The van der Waals surface area contributed by atoms with Crippen LogP contribution in [0, 0.1) is 5.82 Å². The van der Waals surface area contributed by atoms with Crippen molar-refractivity contribution in [1.82, 2.24) is 19.8 Å². The van der Waals surface area contributed by atoms with Gasteiger partial charge in [-0.2, -0.15) is 9.97 Å². The van der Waals surface area contributed by atoms with E-state index in [4.69, 9.17) is 26.1 Å². The lowest BCUT2D eigenvalue weighted by molar-refractivity contribution is 0.0122. The first-order chi connectivity index (χ1) is 23.3. The lowest BCUT2D eigenvalue weighted by Crippen LogP contribution is -2.57. The Morgan fingerprint density at radius 2 is 1.73 bits per heavy atom. The van der Waals surface area contributed by atoms with Gasteiger partial charge in [-0.25, -0.2) is 9.18 Å². The van der Waals surface area contributed by atoms with Crippen LogP contribution in [0.25, 0.3) is 32.8 Å². The number of rotatable bonds is 6. The molecule has 12 heteroatoms. The Morgan fingerprint density at radius 3 is 2.43 bits per heavy atom. The number of phenols is 1. The van der Waals surface area contributed by atoms with E-state index in [1.54, 1.807) is 12.1 Å². The molecule has 4 heterocycles. The average molecular weight is 692 g/mol. The molecule has 0 radical (unpaired) electrons. The number of phenolic OH excluding ortho intramolecular Hbond substituents is 1. The van der Waals surface area contributed by atoms with Crippen LogP contribution in [0.15, 0.2) is 42.5 Å². The zero-order chi connectivity index (χ0) is 34.6. The third kappa shape index (κ3) is 6.80. The van der Waals surface area contributed by atoms with Gasteiger partial charge in [-0.1, -0.05) is 35.9 Å². The third-order valence-corrected chi connectivity index (χ3v) is 10.0. The van der Waals surface area contributed by atoms with Crippen LogP contribution in [0.2, 0.25) is 5.02 Å². The number of amides is 1. The van der Waals surface area contributed by atoms with E-state index in [-0.39, 0.29) is 58.2 Å². The Balaban J connectivity index is 1.29. The molecule has 2 N–H and O–H groups in total. The number of nitrogens with zero attached hydrogens (tertiary/aromatic N) is 5. The number of hydrogen-bond acceptors (Lipinski definition) is 9. The number of fused-ring (bicyclic) bond motifs is 4. The zero-order valence-electron chi connectivity index (χ0n) is 28.3. The second kappa shape index (κ2) is 13.1. The third-order valence-electron chi connectivity index (χ3n) is 9.72. The Labute approximate surface area is 290 Å². The summed E-state index contributed by atoms with van der Waals surface area (Å²) >= 11 is 6.93. The molecule has 0 aliphatic carbocycles. The molecule has 3 aliphatic rings. The molecule has 260 valence electrons. The second-order valence-electron chi connectivity index (χ2n) is 14.6. The number of aliphatic hydroxyl groups excluding tert-OH is 1. The maximum absolute atomic E-state index is 17.0. The summed E-state index contributed by atoms with van der Waals surface area (Å²) in [6, 6.07) is 12.1. The highest BCUT2D eigenvalue weighted by molar-refractivity contribution is 6.35. The molecule has 10 nitrogen and oxygen atoms in total. The summed E-state index contributed by atoms with van der Waals surface area (Å²) in [6.45, 7) is 10.6. The molecule has 3 aromatic carbocycles. The van der Waals surface area contributed by atoms with Gasteiger partial charge in [-0.15, -0.1) is 0 Å². The molecule has 3 saturated heterocycles. The first-order valence-electron chi connectivity index (χ1n) is 17.1. The molecule has 0 spiro atoms. The van der Waals surface area contributed by atoms with Gasteiger partial charge in [0.1, 0.15) is 28.8 Å². The molecule has 49 heavy (non-hydrogen) atoms. The van der Waals surface area contributed by atoms with E-state index in [1.807, 2.05) is 56.9 Å². The number of carbonyl (C=O) groups is 1. The van der Waals surface area contributed by atoms with Crippen molar-refractivity contribution in [2.24, 2.45) is 0 Å². The van der Waals surface area contributed by atoms with Gasteiger partial charge in [0.2, 0.25) is 0 Å². The number of benzene rings is 3. The molecular formula is C37H43ClFN5O5. The first kappa shape index (κ1) is 33.6. The number of anilines is 1. The van der Waals surface area contributed by atoms with Gasteiger partial charge in [-0.3, -0.25) is 9.80 Å². The summed E-state index contributed by atoms with van der Waals surface area (Å²) in [5.41, 5.74) is 0.0290. The monoisotopic (exact) mass is 691 g/mol. The molecule has 7 rings (SSSR count).